The van der Waals surface area contributed by atoms with Crippen molar-refractivity contribution in [1.82, 2.24) is 15.6 Å². The van der Waals surface area contributed by atoms with Crippen molar-refractivity contribution in [3.8, 4) is 16.9 Å². The molecule has 2 amide bonds. The van der Waals surface area contributed by atoms with Crippen LogP contribution in [-0.2, 0) is 35.1 Å². The first-order valence-corrected chi connectivity index (χ1v) is 17.0. The van der Waals surface area contributed by atoms with E-state index in [1.807, 2.05) is 26.0 Å². The molecule has 0 aliphatic heterocycles. The van der Waals surface area contributed by atoms with E-state index in [9.17, 15) is 29.4 Å². The van der Waals surface area contributed by atoms with Crippen LogP contribution in [0.3, 0.4) is 0 Å². The molecule has 6 N–H and O–H groups in total. The number of aliphatic hydroxyl groups is 2. The average molecular weight is 761 g/mol. The van der Waals surface area contributed by atoms with Gasteiger partial charge in [0, 0.05) is 48.4 Å². The van der Waals surface area contributed by atoms with Gasteiger partial charge in [-0.15, -0.1) is 0 Å². The quantitative estimate of drug-likeness (QED) is 0.0341. The summed E-state index contributed by atoms with van der Waals surface area (Å²) in [7, 11) is 5.32. The number of nitrogens with one attached hydrogen (secondary N) is 4. The van der Waals surface area contributed by atoms with Crippen LogP contribution in [0.1, 0.15) is 34.1 Å². The number of amides is 2. The molecular weight excluding hydrogens is 712 g/mol. The number of rotatable bonds is 19. The predicted octanol–water partition coefficient (Wildman–Crippen LogP) is 2.82. The number of aliphatic imine (C=N–C) groups is 1. The summed E-state index contributed by atoms with van der Waals surface area (Å²) < 4.78 is 20.3. The summed E-state index contributed by atoms with van der Waals surface area (Å²) in [6, 6.07) is 10.5. The number of ether oxygens (including phenoxy) is 4. The van der Waals surface area contributed by atoms with Gasteiger partial charge in [-0.25, -0.2) is 0 Å². The predicted molar refractivity (Wildman–Crippen MR) is 207 cm³/mol. The second-order valence-corrected chi connectivity index (χ2v) is 12.1. The second kappa shape index (κ2) is 21.1. The van der Waals surface area contributed by atoms with Crippen molar-refractivity contribution in [3.05, 3.63) is 94.2 Å². The van der Waals surface area contributed by atoms with Crippen molar-refractivity contribution in [1.29, 1.82) is 0 Å². The van der Waals surface area contributed by atoms with Crippen LogP contribution in [-0.4, -0.2) is 106 Å². The molecule has 55 heavy (non-hydrogen) atoms. The third-order valence-electron chi connectivity index (χ3n) is 8.65. The van der Waals surface area contributed by atoms with Crippen molar-refractivity contribution in [2.24, 2.45) is 4.99 Å². The van der Waals surface area contributed by atoms with Gasteiger partial charge in [-0.2, -0.15) is 0 Å². The maximum Gasteiger partial charge on any atom is 0.325 e. The lowest BCUT2D eigenvalue weighted by molar-refractivity contribution is -0.145. The number of nitrogens with zero attached hydrogens (tertiary/aromatic N) is 2. The average Bonchev–Trinajstić information content (AvgIpc) is 3.19. The number of allylic oxidation sites excluding steroid dienone is 1. The number of aromatic nitrogens is 1. The standard InChI is InChI=1S/C39H48N6O10/c1-22(17-41-32(20-46)38(50)54-7)34(52-5)15-30(40-4)36(48)44-28-13-9-11-26(23(28)2)27-12-10-14-29(24(27)3)45-37(49)31-16-35(53-6)25(18-42-31)19-43-33(21-47)39(51)55-8/h9-16,18,32-33,41,43,46-47H,4,17,19-21H2,1-3,5-8H3,(H,44,48)(H,45,49)/b30-15-,34-22-/t32-,33-/m1/s1. The minimum absolute atomic E-state index is 0.0290. The van der Waals surface area contributed by atoms with Gasteiger partial charge in [-0.05, 0) is 67.4 Å². The number of aliphatic hydroxyl groups excluding tert-OH is 2. The van der Waals surface area contributed by atoms with Crippen LogP contribution in [0.5, 0.6) is 5.75 Å². The summed E-state index contributed by atoms with van der Waals surface area (Å²) in [5, 5.41) is 30.5. The first kappa shape index (κ1) is 43.5. The third-order valence-corrected chi connectivity index (χ3v) is 8.65. The van der Waals surface area contributed by atoms with Crippen LogP contribution in [0, 0.1) is 13.8 Å². The van der Waals surface area contributed by atoms with Crippen molar-refractivity contribution >= 4 is 41.8 Å². The number of carbonyl (C=O) groups excluding carboxylic acids is 4. The van der Waals surface area contributed by atoms with E-state index in [1.54, 1.807) is 31.2 Å². The van der Waals surface area contributed by atoms with E-state index in [4.69, 9.17) is 9.47 Å². The fourth-order valence-electron chi connectivity index (χ4n) is 5.40. The van der Waals surface area contributed by atoms with Crippen LogP contribution in [0.2, 0.25) is 0 Å². The Morgan fingerprint density at radius 2 is 1.42 bits per heavy atom. The summed E-state index contributed by atoms with van der Waals surface area (Å²) in [6.07, 6.45) is 2.88. The number of methoxy groups -OCH3 is 4. The van der Waals surface area contributed by atoms with E-state index in [0.29, 0.717) is 34.0 Å². The minimum atomic E-state index is -0.939. The summed E-state index contributed by atoms with van der Waals surface area (Å²) in [5.41, 5.74) is 5.40. The van der Waals surface area contributed by atoms with E-state index in [1.165, 1.54) is 46.8 Å². The molecule has 0 aliphatic rings. The van der Waals surface area contributed by atoms with Crippen molar-refractivity contribution in [2.75, 3.05) is 58.8 Å². The normalized spacial score (nSPS) is 12.8. The lowest BCUT2D eigenvalue weighted by atomic mass is 9.94. The topological polar surface area (TPSA) is 219 Å². The zero-order chi connectivity index (χ0) is 40.7. The van der Waals surface area contributed by atoms with Gasteiger partial charge in [0.2, 0.25) is 0 Å². The Balaban J connectivity index is 1.82. The van der Waals surface area contributed by atoms with Crippen LogP contribution in [0.15, 0.2) is 76.8 Å². The number of hydrogen-bond donors (Lipinski definition) is 6. The van der Waals surface area contributed by atoms with Gasteiger partial charge in [0.25, 0.3) is 11.8 Å². The maximum atomic E-state index is 13.4. The lowest BCUT2D eigenvalue weighted by Gasteiger charge is -2.17. The molecule has 0 saturated heterocycles. The summed E-state index contributed by atoms with van der Waals surface area (Å²) in [6.45, 7) is 8.33. The molecule has 16 nitrogen and oxygen atoms in total. The first-order valence-electron chi connectivity index (χ1n) is 17.0. The Labute approximate surface area is 319 Å². The second-order valence-electron chi connectivity index (χ2n) is 12.1. The number of benzene rings is 2. The highest BCUT2D eigenvalue weighted by Gasteiger charge is 2.21. The molecule has 3 aromatic rings. The minimum Gasteiger partial charge on any atom is -0.497 e. The monoisotopic (exact) mass is 760 g/mol. The molecular formula is C39H48N6O10. The van der Waals surface area contributed by atoms with Gasteiger partial charge in [0.15, 0.2) is 0 Å². The Morgan fingerprint density at radius 3 is 1.93 bits per heavy atom. The highest BCUT2D eigenvalue weighted by molar-refractivity contribution is 6.06. The summed E-state index contributed by atoms with van der Waals surface area (Å²) >= 11 is 0. The molecule has 0 bridgehead atoms. The van der Waals surface area contributed by atoms with Gasteiger partial charge in [0.05, 0.1) is 41.7 Å². The van der Waals surface area contributed by atoms with Crippen molar-refractivity contribution < 1.29 is 48.3 Å². The van der Waals surface area contributed by atoms with E-state index in [0.717, 1.165) is 22.3 Å². The van der Waals surface area contributed by atoms with E-state index >= 15 is 0 Å². The molecule has 0 fully saturated rings. The zero-order valence-corrected chi connectivity index (χ0v) is 31.9. The molecule has 294 valence electrons. The highest BCUT2D eigenvalue weighted by Crippen LogP contribution is 2.34. The van der Waals surface area contributed by atoms with Gasteiger partial charge >= 0.3 is 11.9 Å². The molecule has 3 rings (SSSR count). The van der Waals surface area contributed by atoms with Crippen LogP contribution in [0.25, 0.3) is 11.1 Å². The van der Waals surface area contributed by atoms with Gasteiger partial charge in [-0.3, -0.25) is 39.8 Å². The summed E-state index contributed by atoms with van der Waals surface area (Å²) in [4.78, 5) is 58.6. The molecule has 0 saturated carbocycles. The largest absolute Gasteiger partial charge is 0.497 e. The Kier molecular flexibility index (Phi) is 16.7. The Morgan fingerprint density at radius 1 is 0.855 bits per heavy atom. The maximum absolute atomic E-state index is 13.4. The third kappa shape index (κ3) is 11.3. The number of hydrogen-bond acceptors (Lipinski definition) is 14. The molecule has 1 aromatic heterocycles. The molecule has 0 unspecified atom stereocenters. The highest BCUT2D eigenvalue weighted by atomic mass is 16.5. The molecule has 1 heterocycles. The molecule has 0 aliphatic carbocycles. The fourth-order valence-corrected chi connectivity index (χ4v) is 5.40. The molecule has 2 atom stereocenters. The first-order chi connectivity index (χ1) is 26.4. The lowest BCUT2D eigenvalue weighted by Crippen LogP contribution is -2.41. The van der Waals surface area contributed by atoms with Gasteiger partial charge in [-0.1, -0.05) is 24.3 Å². The van der Waals surface area contributed by atoms with Gasteiger partial charge in [0.1, 0.15) is 35.0 Å². The number of esters is 2. The van der Waals surface area contributed by atoms with Crippen LogP contribution >= 0.6 is 0 Å². The molecule has 0 spiro atoms. The van der Waals surface area contributed by atoms with E-state index < -0.39 is 49.1 Å². The number of carbonyl (C=O) groups is 4. The zero-order valence-electron chi connectivity index (χ0n) is 31.9. The van der Waals surface area contributed by atoms with Crippen LogP contribution in [0.4, 0.5) is 11.4 Å². The van der Waals surface area contributed by atoms with Crippen LogP contribution < -0.4 is 26.0 Å². The molecule has 0 radical (unpaired) electrons. The smallest absolute Gasteiger partial charge is 0.325 e. The molecule has 2 aromatic carbocycles. The molecule has 16 heteroatoms. The van der Waals surface area contributed by atoms with Gasteiger partial charge < -0.3 is 39.8 Å². The fraction of sp³-hybridized carbons (Fsp3) is 0.333. The van der Waals surface area contributed by atoms with E-state index in [2.05, 4.69) is 47.4 Å². The summed E-state index contributed by atoms with van der Waals surface area (Å²) in [5.74, 6) is -1.61. The number of anilines is 2. The Hall–Kier alpha value is -5.94. The van der Waals surface area contributed by atoms with Crippen molar-refractivity contribution in [3.63, 3.8) is 0 Å². The SMILES string of the molecule is C=N/C(=C\C(OC)=C(/C)CN[C@H](CO)C(=O)OC)C(=O)Nc1cccc(-c2cccc(NC(=O)c3cc(OC)c(CN[C@H](CO)C(=O)OC)cn3)c2C)c1C. The van der Waals surface area contributed by atoms with Crippen molar-refractivity contribution in [2.45, 2.75) is 39.4 Å². The van der Waals surface area contributed by atoms with E-state index in [-0.39, 0.29) is 24.5 Å². The number of pyridine rings is 1. The Bertz CT molecular complexity index is 1940.